The number of aliphatic hydroxyl groups is 1. The summed E-state index contributed by atoms with van der Waals surface area (Å²) >= 11 is 0. The van der Waals surface area contributed by atoms with Crippen LogP contribution in [0.25, 0.3) is 16.6 Å². The number of rotatable bonds is 5. The number of nitro benzene ring substituents is 1. The van der Waals surface area contributed by atoms with Crippen molar-refractivity contribution in [2.45, 2.75) is 6.10 Å². The topological polar surface area (TPSA) is 94.6 Å². The van der Waals surface area contributed by atoms with E-state index in [-0.39, 0.29) is 11.3 Å². The highest BCUT2D eigenvalue weighted by atomic mass is 16.6. The summed E-state index contributed by atoms with van der Waals surface area (Å²) in [6, 6.07) is 13.4. The van der Waals surface area contributed by atoms with Gasteiger partial charge in [-0.15, -0.1) is 0 Å². The fourth-order valence-corrected chi connectivity index (χ4v) is 2.88. The van der Waals surface area contributed by atoms with Crippen LogP contribution in [0.3, 0.4) is 0 Å². The van der Waals surface area contributed by atoms with Crippen LogP contribution in [-0.2, 0) is 9.53 Å². The van der Waals surface area contributed by atoms with Gasteiger partial charge in [0.15, 0.2) is 0 Å². The average Bonchev–Trinajstić information content (AvgIpc) is 3.05. The van der Waals surface area contributed by atoms with Gasteiger partial charge in [-0.2, -0.15) is 0 Å². The molecule has 2 aromatic carbocycles. The predicted octanol–water partition coefficient (Wildman–Crippen LogP) is 3.30. The number of ether oxygens (including phenoxy) is 1. The first kappa shape index (κ1) is 17.4. The molecule has 0 fully saturated rings. The van der Waals surface area contributed by atoms with Gasteiger partial charge in [-0.3, -0.25) is 10.1 Å². The Morgan fingerprint density at radius 3 is 2.58 bits per heavy atom. The number of fused-ring (bicyclic) bond motifs is 1. The molecule has 132 valence electrons. The third-order valence-corrected chi connectivity index (χ3v) is 4.15. The Labute approximate surface area is 148 Å². The fourth-order valence-electron chi connectivity index (χ4n) is 2.88. The molecule has 26 heavy (non-hydrogen) atoms. The molecule has 3 aromatic rings. The highest BCUT2D eigenvalue weighted by Crippen LogP contribution is 2.34. The van der Waals surface area contributed by atoms with Gasteiger partial charge in [0.2, 0.25) is 0 Å². The normalized spacial score (nSPS) is 11.9. The number of nitrogens with zero attached hydrogens (tertiary/aromatic N) is 2. The molecule has 1 atom stereocenters. The summed E-state index contributed by atoms with van der Waals surface area (Å²) in [4.78, 5) is 22.6. The van der Waals surface area contributed by atoms with Gasteiger partial charge in [0.25, 0.3) is 5.69 Å². The van der Waals surface area contributed by atoms with Crippen molar-refractivity contribution in [2.24, 2.45) is 0 Å². The van der Waals surface area contributed by atoms with Crippen molar-refractivity contribution in [1.29, 1.82) is 0 Å². The smallest absolute Gasteiger partial charge is 0.336 e. The highest BCUT2D eigenvalue weighted by molar-refractivity contribution is 5.92. The fraction of sp³-hybridized carbons (Fsp3) is 0.105. The van der Waals surface area contributed by atoms with Crippen molar-refractivity contribution in [3.05, 3.63) is 82.6 Å². The lowest BCUT2D eigenvalue weighted by Gasteiger charge is -2.11. The second-order valence-electron chi connectivity index (χ2n) is 5.64. The second-order valence-corrected chi connectivity index (χ2v) is 5.64. The summed E-state index contributed by atoms with van der Waals surface area (Å²) in [7, 11) is 1.21. The molecule has 1 aromatic heterocycles. The average molecular weight is 352 g/mol. The maximum Gasteiger partial charge on any atom is 0.336 e. The van der Waals surface area contributed by atoms with Crippen LogP contribution in [0.5, 0.6) is 0 Å². The molecule has 7 heteroatoms. The Hall–Kier alpha value is -3.45. The van der Waals surface area contributed by atoms with Crippen molar-refractivity contribution in [3.63, 3.8) is 0 Å². The number of carbonyl (C=O) groups is 1. The van der Waals surface area contributed by atoms with E-state index in [0.29, 0.717) is 22.2 Å². The number of carbonyl (C=O) groups excluding carboxylic acids is 1. The molecule has 0 radical (unpaired) electrons. The van der Waals surface area contributed by atoms with Crippen LogP contribution in [0, 0.1) is 10.1 Å². The zero-order valence-electron chi connectivity index (χ0n) is 14.0. The molecule has 3 rings (SSSR count). The molecule has 0 aliphatic rings. The van der Waals surface area contributed by atoms with Crippen LogP contribution in [0.15, 0.2) is 66.9 Å². The Balaban J connectivity index is 2.23. The van der Waals surface area contributed by atoms with Crippen molar-refractivity contribution in [2.75, 3.05) is 7.11 Å². The Bertz CT molecular complexity index is 1020. The SMILES string of the molecule is C=C(C(=O)OC)C(O)c1cn(-c2ccccc2[N+](=O)[O-])c2ccccc12. The number of aromatic nitrogens is 1. The first-order valence-corrected chi connectivity index (χ1v) is 7.74. The van der Waals surface area contributed by atoms with E-state index >= 15 is 0 Å². The minimum Gasteiger partial charge on any atom is -0.466 e. The van der Waals surface area contributed by atoms with Gasteiger partial charge in [-0.1, -0.05) is 36.9 Å². The molecule has 1 heterocycles. The van der Waals surface area contributed by atoms with Crippen LogP contribution in [0.4, 0.5) is 5.69 Å². The highest BCUT2D eigenvalue weighted by Gasteiger charge is 2.25. The molecular formula is C19H16N2O5. The molecule has 7 nitrogen and oxygen atoms in total. The van der Waals surface area contributed by atoms with Gasteiger partial charge in [0.1, 0.15) is 11.8 Å². The number of hydrogen-bond donors (Lipinski definition) is 1. The zero-order valence-corrected chi connectivity index (χ0v) is 14.0. The number of esters is 1. The molecule has 0 saturated carbocycles. The van der Waals surface area contributed by atoms with Crippen molar-refractivity contribution in [3.8, 4) is 5.69 Å². The number of benzene rings is 2. The Kier molecular flexibility index (Phi) is 4.55. The van der Waals surface area contributed by atoms with Crippen LogP contribution >= 0.6 is 0 Å². The summed E-state index contributed by atoms with van der Waals surface area (Å²) in [6.45, 7) is 3.59. The quantitative estimate of drug-likeness (QED) is 0.329. The summed E-state index contributed by atoms with van der Waals surface area (Å²) in [5.41, 5.74) is 1.25. The minimum atomic E-state index is -1.30. The van der Waals surface area contributed by atoms with Crippen LogP contribution < -0.4 is 0 Å². The molecule has 0 bridgehead atoms. The van der Waals surface area contributed by atoms with Crippen molar-refractivity contribution in [1.82, 2.24) is 4.57 Å². The van der Waals surface area contributed by atoms with Gasteiger partial charge in [-0.25, -0.2) is 4.79 Å². The lowest BCUT2D eigenvalue weighted by Crippen LogP contribution is -2.11. The van der Waals surface area contributed by atoms with Crippen LogP contribution in [0.2, 0.25) is 0 Å². The van der Waals surface area contributed by atoms with Gasteiger partial charge >= 0.3 is 5.97 Å². The van der Waals surface area contributed by atoms with Gasteiger partial charge in [0, 0.05) is 23.2 Å². The van der Waals surface area contributed by atoms with E-state index in [9.17, 15) is 20.0 Å². The number of nitro groups is 1. The van der Waals surface area contributed by atoms with Crippen LogP contribution in [0.1, 0.15) is 11.7 Å². The third kappa shape index (κ3) is 2.84. The number of methoxy groups -OCH3 is 1. The van der Waals surface area contributed by atoms with E-state index in [1.165, 1.54) is 13.2 Å². The molecule has 0 aliphatic heterocycles. The zero-order chi connectivity index (χ0) is 18.8. The maximum absolute atomic E-state index is 11.7. The molecule has 1 N–H and O–H groups in total. The van der Waals surface area contributed by atoms with Gasteiger partial charge < -0.3 is 14.4 Å². The number of aliphatic hydroxyl groups excluding tert-OH is 1. The van der Waals surface area contributed by atoms with E-state index in [2.05, 4.69) is 11.3 Å². The molecule has 0 spiro atoms. The minimum absolute atomic E-state index is 0.0684. The Morgan fingerprint density at radius 1 is 1.23 bits per heavy atom. The maximum atomic E-state index is 11.7. The summed E-state index contributed by atoms with van der Waals surface area (Å²) < 4.78 is 6.24. The Morgan fingerprint density at radius 2 is 1.88 bits per heavy atom. The van der Waals surface area contributed by atoms with E-state index in [0.717, 1.165) is 0 Å². The van der Waals surface area contributed by atoms with Crippen molar-refractivity contribution < 1.29 is 19.6 Å². The molecule has 0 aliphatic carbocycles. The lowest BCUT2D eigenvalue weighted by molar-refractivity contribution is -0.384. The molecule has 0 saturated heterocycles. The van der Waals surface area contributed by atoms with E-state index in [4.69, 9.17) is 0 Å². The first-order chi connectivity index (χ1) is 12.5. The lowest BCUT2D eigenvalue weighted by atomic mass is 10.0. The van der Waals surface area contributed by atoms with E-state index in [1.807, 2.05) is 0 Å². The van der Waals surface area contributed by atoms with Gasteiger partial charge in [-0.05, 0) is 12.1 Å². The van der Waals surface area contributed by atoms with Crippen molar-refractivity contribution >= 4 is 22.6 Å². The first-order valence-electron chi connectivity index (χ1n) is 7.74. The van der Waals surface area contributed by atoms with E-state index in [1.54, 1.807) is 53.2 Å². The molecule has 1 unspecified atom stereocenters. The number of hydrogen-bond acceptors (Lipinski definition) is 5. The van der Waals surface area contributed by atoms with Gasteiger partial charge in [0.05, 0.1) is 23.1 Å². The summed E-state index contributed by atoms with van der Waals surface area (Å²) in [6.07, 6.45) is 0.280. The third-order valence-electron chi connectivity index (χ3n) is 4.15. The molecule has 0 amide bonds. The predicted molar refractivity (Wildman–Crippen MR) is 96.0 cm³/mol. The van der Waals surface area contributed by atoms with E-state index < -0.39 is 17.0 Å². The largest absolute Gasteiger partial charge is 0.466 e. The molecular weight excluding hydrogens is 336 g/mol. The van der Waals surface area contributed by atoms with Crippen LogP contribution in [-0.4, -0.2) is 27.7 Å². The monoisotopic (exact) mass is 352 g/mol. The second kappa shape index (κ2) is 6.81. The summed E-state index contributed by atoms with van der Waals surface area (Å²) in [5, 5.41) is 22.6. The standard InChI is InChI=1S/C19H16N2O5/c1-12(19(23)26-2)18(22)14-11-20(15-8-4-3-7-13(14)15)16-9-5-6-10-17(16)21(24)25/h3-11,18,22H,1H2,2H3. The summed E-state index contributed by atoms with van der Waals surface area (Å²) in [5.74, 6) is -0.722. The number of para-hydroxylation sites is 3.